The molecule has 1 heterocycles. The first-order valence-corrected chi connectivity index (χ1v) is 6.54. The lowest BCUT2D eigenvalue weighted by molar-refractivity contribution is -0.193. The van der Waals surface area contributed by atoms with E-state index in [0.717, 1.165) is 4.90 Å². The Bertz CT molecular complexity index is 383. The topological polar surface area (TPSA) is 66.6 Å². The minimum Gasteiger partial charge on any atom is -0.341 e. The number of carbonyl (C=O) groups excluding carboxylic acids is 2. The quantitative estimate of drug-likeness (QED) is 0.817. The molecule has 1 rings (SSSR count). The standard InChI is InChI=1S/C12H20F3N3O2/c1-3-9(19)17-5-4-6-18(8-7-17)10(20)11(2,16)12(13,14)15/h3-8,16H2,1-2H3. The van der Waals surface area contributed by atoms with Gasteiger partial charge in [0.1, 0.15) is 0 Å². The number of amides is 2. The third-order valence-corrected chi connectivity index (χ3v) is 3.47. The van der Waals surface area contributed by atoms with E-state index < -0.39 is 17.6 Å². The van der Waals surface area contributed by atoms with Crippen molar-refractivity contribution in [3.63, 3.8) is 0 Å². The maximum Gasteiger partial charge on any atom is 0.415 e. The average molecular weight is 295 g/mol. The molecule has 20 heavy (non-hydrogen) atoms. The number of nitrogens with zero attached hydrogens (tertiary/aromatic N) is 2. The van der Waals surface area contributed by atoms with Crippen molar-refractivity contribution >= 4 is 11.8 Å². The summed E-state index contributed by atoms with van der Waals surface area (Å²) in [5.74, 6) is -1.21. The number of hydrogen-bond acceptors (Lipinski definition) is 3. The molecule has 0 aromatic carbocycles. The fourth-order valence-electron chi connectivity index (χ4n) is 2.04. The van der Waals surface area contributed by atoms with Gasteiger partial charge in [-0.25, -0.2) is 0 Å². The monoisotopic (exact) mass is 295 g/mol. The molecule has 0 aliphatic carbocycles. The van der Waals surface area contributed by atoms with Crippen molar-refractivity contribution in [2.75, 3.05) is 26.2 Å². The van der Waals surface area contributed by atoms with Crippen molar-refractivity contribution in [1.82, 2.24) is 9.80 Å². The van der Waals surface area contributed by atoms with Gasteiger partial charge < -0.3 is 15.5 Å². The third-order valence-electron chi connectivity index (χ3n) is 3.47. The second-order valence-electron chi connectivity index (χ2n) is 5.08. The molecule has 1 aliphatic rings. The van der Waals surface area contributed by atoms with Gasteiger partial charge in [-0.1, -0.05) is 6.92 Å². The van der Waals surface area contributed by atoms with Crippen molar-refractivity contribution in [3.05, 3.63) is 0 Å². The van der Waals surface area contributed by atoms with Gasteiger partial charge in [0, 0.05) is 32.6 Å². The van der Waals surface area contributed by atoms with Crippen molar-refractivity contribution in [3.8, 4) is 0 Å². The molecule has 1 unspecified atom stereocenters. The van der Waals surface area contributed by atoms with Crippen LogP contribution in [0.4, 0.5) is 13.2 Å². The summed E-state index contributed by atoms with van der Waals surface area (Å²) >= 11 is 0. The molecule has 2 amide bonds. The smallest absolute Gasteiger partial charge is 0.341 e. The number of rotatable bonds is 2. The largest absolute Gasteiger partial charge is 0.415 e. The van der Waals surface area contributed by atoms with Crippen LogP contribution in [0.1, 0.15) is 26.7 Å². The number of carbonyl (C=O) groups is 2. The van der Waals surface area contributed by atoms with Crippen LogP contribution in [-0.2, 0) is 9.59 Å². The number of halogens is 3. The van der Waals surface area contributed by atoms with E-state index in [2.05, 4.69) is 0 Å². The molecular weight excluding hydrogens is 275 g/mol. The molecule has 0 radical (unpaired) electrons. The van der Waals surface area contributed by atoms with Crippen LogP contribution >= 0.6 is 0 Å². The van der Waals surface area contributed by atoms with E-state index in [1.807, 2.05) is 0 Å². The van der Waals surface area contributed by atoms with Gasteiger partial charge in [0.05, 0.1) is 0 Å². The zero-order valence-corrected chi connectivity index (χ0v) is 11.7. The first-order chi connectivity index (χ1) is 9.11. The molecule has 0 aromatic rings. The van der Waals surface area contributed by atoms with Gasteiger partial charge in [0.2, 0.25) is 5.91 Å². The Morgan fingerprint density at radius 1 is 1.10 bits per heavy atom. The second-order valence-corrected chi connectivity index (χ2v) is 5.08. The molecule has 1 fully saturated rings. The van der Waals surface area contributed by atoms with Crippen molar-refractivity contribution < 1.29 is 22.8 Å². The predicted molar refractivity (Wildman–Crippen MR) is 66.7 cm³/mol. The van der Waals surface area contributed by atoms with Crippen LogP contribution in [0.2, 0.25) is 0 Å². The Morgan fingerprint density at radius 2 is 1.60 bits per heavy atom. The molecule has 0 bridgehead atoms. The first kappa shape index (κ1) is 16.7. The van der Waals surface area contributed by atoms with Gasteiger partial charge in [-0.05, 0) is 13.3 Å². The molecule has 1 atom stereocenters. The summed E-state index contributed by atoms with van der Waals surface area (Å²) in [6.45, 7) is 3.34. The number of alkyl halides is 3. The minimum atomic E-state index is -4.80. The highest BCUT2D eigenvalue weighted by Crippen LogP contribution is 2.29. The van der Waals surface area contributed by atoms with Crippen molar-refractivity contribution in [1.29, 1.82) is 0 Å². The van der Waals surface area contributed by atoms with E-state index in [-0.39, 0.29) is 25.5 Å². The average Bonchev–Trinajstić information content (AvgIpc) is 2.61. The summed E-state index contributed by atoms with van der Waals surface area (Å²) in [6, 6.07) is 0. The fourth-order valence-corrected chi connectivity index (χ4v) is 2.04. The zero-order valence-electron chi connectivity index (χ0n) is 11.7. The Hall–Kier alpha value is -1.31. The molecule has 116 valence electrons. The predicted octanol–water partition coefficient (Wildman–Crippen LogP) is 0.737. The summed E-state index contributed by atoms with van der Waals surface area (Å²) in [7, 11) is 0. The van der Waals surface area contributed by atoms with Gasteiger partial charge in [-0.2, -0.15) is 13.2 Å². The van der Waals surface area contributed by atoms with Crippen LogP contribution < -0.4 is 5.73 Å². The maximum atomic E-state index is 12.8. The maximum absolute atomic E-state index is 12.8. The van der Waals surface area contributed by atoms with E-state index in [1.165, 1.54) is 0 Å². The summed E-state index contributed by atoms with van der Waals surface area (Å²) in [6.07, 6.45) is -4.01. The first-order valence-electron chi connectivity index (χ1n) is 6.54. The van der Waals surface area contributed by atoms with Gasteiger partial charge in [-0.15, -0.1) is 0 Å². The number of nitrogens with two attached hydrogens (primary N) is 1. The van der Waals surface area contributed by atoms with Crippen LogP contribution in [0.25, 0.3) is 0 Å². The van der Waals surface area contributed by atoms with Gasteiger partial charge >= 0.3 is 6.18 Å². The molecule has 8 heteroatoms. The Labute approximate surface area is 115 Å². The van der Waals surface area contributed by atoms with Crippen LogP contribution in [0.3, 0.4) is 0 Å². The van der Waals surface area contributed by atoms with E-state index in [0.29, 0.717) is 26.3 Å². The summed E-state index contributed by atoms with van der Waals surface area (Å²) in [5.41, 5.74) is 2.25. The minimum absolute atomic E-state index is 0.0642. The zero-order chi connectivity index (χ0) is 15.6. The Kier molecular flexibility index (Phi) is 5.01. The van der Waals surface area contributed by atoms with Gasteiger partial charge in [0.25, 0.3) is 5.91 Å². The highest BCUT2D eigenvalue weighted by atomic mass is 19.4. The van der Waals surface area contributed by atoms with Crippen molar-refractivity contribution in [2.24, 2.45) is 5.73 Å². The van der Waals surface area contributed by atoms with Crippen LogP contribution in [-0.4, -0.2) is 59.5 Å². The molecule has 5 nitrogen and oxygen atoms in total. The van der Waals surface area contributed by atoms with Crippen LogP contribution in [0.15, 0.2) is 0 Å². The van der Waals surface area contributed by atoms with E-state index in [4.69, 9.17) is 5.73 Å². The molecule has 1 saturated heterocycles. The van der Waals surface area contributed by atoms with Gasteiger partial charge in [0.15, 0.2) is 5.54 Å². The molecule has 0 aromatic heterocycles. The van der Waals surface area contributed by atoms with E-state index in [9.17, 15) is 22.8 Å². The van der Waals surface area contributed by atoms with Crippen LogP contribution in [0, 0.1) is 0 Å². The molecule has 0 spiro atoms. The SMILES string of the molecule is CCC(=O)N1CCCN(C(=O)C(C)(N)C(F)(F)F)CC1. The highest BCUT2D eigenvalue weighted by molar-refractivity contribution is 5.87. The highest BCUT2D eigenvalue weighted by Gasteiger charge is 2.55. The third kappa shape index (κ3) is 3.41. The summed E-state index contributed by atoms with van der Waals surface area (Å²) < 4.78 is 38.3. The molecule has 0 saturated carbocycles. The number of hydrogen-bond donors (Lipinski definition) is 1. The summed E-state index contributed by atoms with van der Waals surface area (Å²) in [4.78, 5) is 26.2. The Balaban J connectivity index is 2.75. The lowest BCUT2D eigenvalue weighted by Gasteiger charge is -2.32. The van der Waals surface area contributed by atoms with E-state index >= 15 is 0 Å². The second kappa shape index (κ2) is 5.99. The molecular formula is C12H20F3N3O2. The Morgan fingerprint density at radius 3 is 2.10 bits per heavy atom. The lowest BCUT2D eigenvalue weighted by Crippen LogP contribution is -2.62. The molecule has 2 N–H and O–H groups in total. The normalized spacial score (nSPS) is 20.3. The lowest BCUT2D eigenvalue weighted by atomic mass is 10.0. The van der Waals surface area contributed by atoms with E-state index in [1.54, 1.807) is 11.8 Å². The molecule has 1 aliphatic heterocycles. The van der Waals surface area contributed by atoms with Crippen LogP contribution in [0.5, 0.6) is 0 Å². The summed E-state index contributed by atoms with van der Waals surface area (Å²) in [5, 5.41) is 0. The van der Waals surface area contributed by atoms with Gasteiger partial charge in [-0.3, -0.25) is 9.59 Å². The van der Waals surface area contributed by atoms with Crippen molar-refractivity contribution in [2.45, 2.75) is 38.4 Å². The fraction of sp³-hybridized carbons (Fsp3) is 0.833.